The maximum absolute atomic E-state index is 12.3. The molecule has 0 saturated carbocycles. The van der Waals surface area contributed by atoms with Crippen LogP contribution in [0.25, 0.3) is 0 Å². The van der Waals surface area contributed by atoms with E-state index in [-0.39, 0.29) is 12.2 Å². The van der Waals surface area contributed by atoms with E-state index < -0.39 is 23.5 Å². The summed E-state index contributed by atoms with van der Waals surface area (Å²) >= 11 is 0. The van der Waals surface area contributed by atoms with Crippen LogP contribution in [0.4, 0.5) is 10.5 Å². The first-order chi connectivity index (χ1) is 14.2. The van der Waals surface area contributed by atoms with Crippen molar-refractivity contribution in [1.82, 2.24) is 10.9 Å². The molecule has 160 valence electrons. The van der Waals surface area contributed by atoms with E-state index in [2.05, 4.69) is 23.1 Å². The Balaban J connectivity index is 1.82. The van der Waals surface area contributed by atoms with Crippen molar-refractivity contribution in [2.45, 2.75) is 39.7 Å². The third-order valence-corrected chi connectivity index (χ3v) is 3.79. The van der Waals surface area contributed by atoms with Gasteiger partial charge in [-0.1, -0.05) is 25.1 Å². The Bertz CT molecular complexity index is 888. The van der Waals surface area contributed by atoms with Gasteiger partial charge in [0.25, 0.3) is 11.8 Å². The van der Waals surface area contributed by atoms with Crippen molar-refractivity contribution in [3.63, 3.8) is 0 Å². The van der Waals surface area contributed by atoms with Crippen molar-refractivity contribution < 1.29 is 23.9 Å². The molecule has 0 heterocycles. The number of rotatable bonds is 6. The van der Waals surface area contributed by atoms with E-state index in [1.54, 1.807) is 51.1 Å². The van der Waals surface area contributed by atoms with E-state index >= 15 is 0 Å². The molecule has 0 aromatic heterocycles. The summed E-state index contributed by atoms with van der Waals surface area (Å²) in [4.78, 5) is 36.0. The molecule has 2 aromatic rings. The second-order valence-corrected chi connectivity index (χ2v) is 7.50. The minimum absolute atomic E-state index is 0.244. The molecule has 0 bridgehead atoms. The van der Waals surface area contributed by atoms with Crippen LogP contribution in [-0.4, -0.2) is 30.1 Å². The molecule has 2 rings (SSSR count). The highest BCUT2D eigenvalue weighted by molar-refractivity contribution is 5.97. The summed E-state index contributed by atoms with van der Waals surface area (Å²) in [5, 5.41) is 2.56. The second-order valence-electron chi connectivity index (χ2n) is 7.50. The highest BCUT2D eigenvalue weighted by Gasteiger charge is 2.16. The lowest BCUT2D eigenvalue weighted by Gasteiger charge is -2.19. The fourth-order valence-electron chi connectivity index (χ4n) is 2.36. The highest BCUT2D eigenvalue weighted by atomic mass is 16.6. The van der Waals surface area contributed by atoms with E-state index in [1.807, 2.05) is 12.1 Å². The Morgan fingerprint density at radius 3 is 2.30 bits per heavy atom. The summed E-state index contributed by atoms with van der Waals surface area (Å²) in [6, 6.07) is 13.7. The lowest BCUT2D eigenvalue weighted by Crippen LogP contribution is -2.43. The van der Waals surface area contributed by atoms with E-state index in [4.69, 9.17) is 9.47 Å². The van der Waals surface area contributed by atoms with Crippen LogP contribution in [0, 0.1) is 0 Å². The van der Waals surface area contributed by atoms with E-state index in [1.165, 1.54) is 11.6 Å². The van der Waals surface area contributed by atoms with Crippen molar-refractivity contribution in [2.75, 3.05) is 11.9 Å². The Hall–Kier alpha value is -3.55. The molecule has 0 aliphatic rings. The topological polar surface area (TPSA) is 106 Å². The van der Waals surface area contributed by atoms with Crippen molar-refractivity contribution in [1.29, 1.82) is 0 Å². The molecule has 0 saturated heterocycles. The molecule has 30 heavy (non-hydrogen) atoms. The van der Waals surface area contributed by atoms with E-state index in [0.29, 0.717) is 11.4 Å². The van der Waals surface area contributed by atoms with Crippen LogP contribution in [0.1, 0.15) is 43.6 Å². The van der Waals surface area contributed by atoms with Crippen molar-refractivity contribution in [2.24, 2.45) is 0 Å². The van der Waals surface area contributed by atoms with Crippen LogP contribution < -0.4 is 20.9 Å². The van der Waals surface area contributed by atoms with Gasteiger partial charge in [0.2, 0.25) is 0 Å². The number of amides is 3. The van der Waals surface area contributed by atoms with Crippen LogP contribution >= 0.6 is 0 Å². The summed E-state index contributed by atoms with van der Waals surface area (Å²) in [6.07, 6.45) is 0.291. The number of nitrogens with one attached hydrogen (secondary N) is 3. The van der Waals surface area contributed by atoms with Gasteiger partial charge in [-0.05, 0) is 63.1 Å². The average molecular weight is 413 g/mol. The van der Waals surface area contributed by atoms with Crippen molar-refractivity contribution in [3.8, 4) is 5.75 Å². The Morgan fingerprint density at radius 1 is 0.967 bits per heavy atom. The van der Waals surface area contributed by atoms with Gasteiger partial charge in [-0.25, -0.2) is 4.79 Å². The number of anilines is 1. The molecule has 2 aromatic carbocycles. The van der Waals surface area contributed by atoms with Crippen LogP contribution in [-0.2, 0) is 16.0 Å². The quantitative estimate of drug-likeness (QED) is 0.629. The first kappa shape index (κ1) is 22.7. The van der Waals surface area contributed by atoms with Crippen LogP contribution in [0.5, 0.6) is 5.75 Å². The van der Waals surface area contributed by atoms with E-state index in [9.17, 15) is 14.4 Å². The number of aryl methyl sites for hydroxylation is 1. The smallest absolute Gasteiger partial charge is 0.412 e. The summed E-state index contributed by atoms with van der Waals surface area (Å²) in [5.74, 6) is -0.482. The summed E-state index contributed by atoms with van der Waals surface area (Å²) < 4.78 is 10.6. The van der Waals surface area contributed by atoms with Gasteiger partial charge in [-0.3, -0.25) is 25.8 Å². The standard InChI is InChI=1S/C22H27N3O5/c1-5-15-9-11-18(12-10-15)29-14-19(26)24-25-20(27)16-7-6-8-17(13-16)23-21(28)30-22(2,3)4/h6-13H,5,14H2,1-4H3,(H,23,28)(H,24,26)(H,25,27). The van der Waals surface area contributed by atoms with Gasteiger partial charge in [0.15, 0.2) is 6.61 Å². The predicted octanol–water partition coefficient (Wildman–Crippen LogP) is 3.44. The second kappa shape index (κ2) is 10.3. The van der Waals surface area contributed by atoms with Crippen molar-refractivity contribution in [3.05, 3.63) is 59.7 Å². The minimum Gasteiger partial charge on any atom is -0.484 e. The number of ether oxygens (including phenoxy) is 2. The molecule has 8 nitrogen and oxygen atoms in total. The Kier molecular flexibility index (Phi) is 7.80. The van der Waals surface area contributed by atoms with Gasteiger partial charge in [0, 0.05) is 11.3 Å². The van der Waals surface area contributed by atoms with Crippen LogP contribution in [0.3, 0.4) is 0 Å². The lowest BCUT2D eigenvalue weighted by molar-refractivity contribution is -0.123. The largest absolute Gasteiger partial charge is 0.484 e. The van der Waals surface area contributed by atoms with Gasteiger partial charge >= 0.3 is 6.09 Å². The monoisotopic (exact) mass is 413 g/mol. The molecule has 0 unspecified atom stereocenters. The third kappa shape index (κ3) is 7.83. The number of hydrogen-bond acceptors (Lipinski definition) is 5. The van der Waals surface area contributed by atoms with Gasteiger partial charge in [0.1, 0.15) is 11.4 Å². The van der Waals surface area contributed by atoms with Crippen molar-refractivity contribution >= 4 is 23.6 Å². The van der Waals surface area contributed by atoms with Crippen LogP contribution in [0.2, 0.25) is 0 Å². The fraction of sp³-hybridized carbons (Fsp3) is 0.318. The molecule has 0 aliphatic carbocycles. The van der Waals surface area contributed by atoms with Gasteiger partial charge in [0.05, 0.1) is 0 Å². The molecule has 0 aliphatic heterocycles. The molecule has 0 radical (unpaired) electrons. The summed E-state index contributed by atoms with van der Waals surface area (Å²) in [7, 11) is 0. The molecule has 3 N–H and O–H groups in total. The van der Waals surface area contributed by atoms with Crippen LogP contribution in [0.15, 0.2) is 48.5 Å². The summed E-state index contributed by atoms with van der Waals surface area (Å²) in [5.41, 5.74) is 5.77. The predicted molar refractivity (Wildman–Crippen MR) is 113 cm³/mol. The summed E-state index contributed by atoms with van der Waals surface area (Å²) in [6.45, 7) is 7.07. The minimum atomic E-state index is -0.635. The molecular formula is C22H27N3O5. The van der Waals surface area contributed by atoms with Gasteiger partial charge < -0.3 is 9.47 Å². The zero-order valence-corrected chi connectivity index (χ0v) is 17.6. The third-order valence-electron chi connectivity index (χ3n) is 3.79. The van der Waals surface area contributed by atoms with E-state index in [0.717, 1.165) is 6.42 Å². The number of carbonyl (C=O) groups excluding carboxylic acids is 3. The molecule has 3 amide bonds. The number of carbonyl (C=O) groups is 3. The first-order valence-corrected chi connectivity index (χ1v) is 9.57. The maximum Gasteiger partial charge on any atom is 0.412 e. The molecule has 8 heteroatoms. The number of hydrazine groups is 1. The molecule has 0 fully saturated rings. The molecule has 0 spiro atoms. The average Bonchev–Trinajstić information content (AvgIpc) is 2.69. The number of benzene rings is 2. The maximum atomic E-state index is 12.3. The Morgan fingerprint density at radius 2 is 1.67 bits per heavy atom. The zero-order chi connectivity index (χ0) is 22.1. The zero-order valence-electron chi connectivity index (χ0n) is 17.6. The SMILES string of the molecule is CCc1ccc(OCC(=O)NNC(=O)c2cccc(NC(=O)OC(C)(C)C)c2)cc1. The lowest BCUT2D eigenvalue weighted by atomic mass is 10.2. The number of hydrogen-bond donors (Lipinski definition) is 3. The highest BCUT2D eigenvalue weighted by Crippen LogP contribution is 2.14. The van der Waals surface area contributed by atoms with Gasteiger partial charge in [-0.15, -0.1) is 0 Å². The normalized spacial score (nSPS) is 10.7. The van der Waals surface area contributed by atoms with Gasteiger partial charge in [-0.2, -0.15) is 0 Å². The molecular weight excluding hydrogens is 386 g/mol. The molecule has 0 atom stereocenters. The fourth-order valence-corrected chi connectivity index (χ4v) is 2.36. The first-order valence-electron chi connectivity index (χ1n) is 9.57. The Labute approximate surface area is 175 Å².